The van der Waals surface area contributed by atoms with E-state index in [1.165, 1.54) is 0 Å². The summed E-state index contributed by atoms with van der Waals surface area (Å²) >= 11 is 1.60. The van der Waals surface area contributed by atoms with E-state index in [0.29, 0.717) is 19.4 Å². The lowest BCUT2D eigenvalue weighted by atomic mass is 10.1. The largest absolute Gasteiger partial charge is 0.399 e. The normalized spacial score (nSPS) is 10.4. The van der Waals surface area contributed by atoms with Gasteiger partial charge in [-0.1, -0.05) is 12.1 Å². The maximum atomic E-state index is 11.7. The number of hydrogen-bond acceptors (Lipinski definition) is 4. The zero-order valence-electron chi connectivity index (χ0n) is 10.8. The number of thiazole rings is 1. The third kappa shape index (κ3) is 4.37. The van der Waals surface area contributed by atoms with E-state index in [-0.39, 0.29) is 5.91 Å². The summed E-state index contributed by atoms with van der Waals surface area (Å²) in [5, 5.41) is 3.91. The Hall–Kier alpha value is -1.88. The van der Waals surface area contributed by atoms with Crippen molar-refractivity contribution in [2.75, 3.05) is 5.73 Å². The minimum atomic E-state index is 0.0495. The molecule has 5 heteroatoms. The summed E-state index contributed by atoms with van der Waals surface area (Å²) in [6, 6.07) is 7.63. The van der Waals surface area contributed by atoms with Crippen LogP contribution in [0.3, 0.4) is 0 Å². The topological polar surface area (TPSA) is 68.0 Å². The van der Waals surface area contributed by atoms with Crippen molar-refractivity contribution in [3.05, 3.63) is 45.9 Å². The predicted octanol–water partition coefficient (Wildman–Crippen LogP) is 2.28. The highest BCUT2D eigenvalue weighted by Crippen LogP contribution is 2.11. The first-order valence-corrected chi connectivity index (χ1v) is 6.97. The first-order valence-electron chi connectivity index (χ1n) is 6.16. The van der Waals surface area contributed by atoms with Gasteiger partial charge in [-0.25, -0.2) is 4.98 Å². The van der Waals surface area contributed by atoms with Crippen LogP contribution in [0.25, 0.3) is 0 Å². The van der Waals surface area contributed by atoms with Gasteiger partial charge in [-0.2, -0.15) is 0 Å². The Balaban J connectivity index is 1.75. The summed E-state index contributed by atoms with van der Waals surface area (Å²) in [6.45, 7) is 2.51. The molecular formula is C14H17N3OS. The van der Waals surface area contributed by atoms with E-state index in [9.17, 15) is 4.79 Å². The first kappa shape index (κ1) is 13.5. The molecule has 0 spiro atoms. The fourth-order valence-corrected chi connectivity index (χ4v) is 2.50. The van der Waals surface area contributed by atoms with Crippen LogP contribution in [0.1, 0.15) is 21.9 Å². The molecule has 0 aliphatic rings. The molecule has 3 N–H and O–H groups in total. The molecule has 0 radical (unpaired) electrons. The molecule has 0 fully saturated rings. The number of nitrogens with two attached hydrogens (primary N) is 1. The zero-order chi connectivity index (χ0) is 13.7. The zero-order valence-corrected chi connectivity index (χ0v) is 11.7. The number of nitrogen functional groups attached to an aromatic ring is 1. The van der Waals surface area contributed by atoms with Gasteiger partial charge in [0.2, 0.25) is 5.91 Å². The fraction of sp³-hybridized carbons (Fsp3) is 0.286. The summed E-state index contributed by atoms with van der Waals surface area (Å²) in [7, 11) is 0. The molecule has 2 rings (SSSR count). The molecule has 100 valence electrons. The maximum absolute atomic E-state index is 11.7. The van der Waals surface area contributed by atoms with E-state index in [4.69, 9.17) is 5.73 Å². The van der Waals surface area contributed by atoms with Gasteiger partial charge in [0.25, 0.3) is 0 Å². The number of carbonyl (C=O) groups is 1. The second-order valence-electron chi connectivity index (χ2n) is 4.37. The molecule has 0 bridgehead atoms. The number of aryl methyl sites for hydroxylation is 2. The predicted molar refractivity (Wildman–Crippen MR) is 77.9 cm³/mol. The van der Waals surface area contributed by atoms with Crippen LogP contribution in [0.5, 0.6) is 0 Å². The first-order chi connectivity index (χ1) is 9.13. The molecule has 2 aromatic rings. The van der Waals surface area contributed by atoms with E-state index in [1.54, 1.807) is 17.5 Å². The summed E-state index contributed by atoms with van der Waals surface area (Å²) in [5.74, 6) is 0.0495. The average Bonchev–Trinajstić information content (AvgIpc) is 2.80. The molecule has 0 atom stereocenters. The van der Waals surface area contributed by atoms with Gasteiger partial charge in [-0.15, -0.1) is 11.3 Å². The molecule has 1 heterocycles. The van der Waals surface area contributed by atoms with Crippen LogP contribution in [-0.2, 0) is 17.8 Å². The molecule has 4 nitrogen and oxygen atoms in total. The fourth-order valence-electron chi connectivity index (χ4n) is 1.77. The molecule has 1 aromatic heterocycles. The van der Waals surface area contributed by atoms with Crippen LogP contribution in [0.15, 0.2) is 30.5 Å². The van der Waals surface area contributed by atoms with Crippen LogP contribution >= 0.6 is 11.3 Å². The number of anilines is 1. The van der Waals surface area contributed by atoms with Gasteiger partial charge in [0.15, 0.2) is 0 Å². The van der Waals surface area contributed by atoms with Crippen molar-refractivity contribution in [2.45, 2.75) is 26.3 Å². The van der Waals surface area contributed by atoms with Gasteiger partial charge in [-0.05, 0) is 31.0 Å². The van der Waals surface area contributed by atoms with Gasteiger partial charge in [0, 0.05) is 23.2 Å². The Morgan fingerprint density at radius 2 is 2.32 bits per heavy atom. The van der Waals surface area contributed by atoms with Gasteiger partial charge in [-0.3, -0.25) is 4.79 Å². The average molecular weight is 275 g/mol. The van der Waals surface area contributed by atoms with Gasteiger partial charge in [0.1, 0.15) is 0 Å². The van der Waals surface area contributed by atoms with Crippen LogP contribution in [0.2, 0.25) is 0 Å². The molecule has 0 aliphatic carbocycles. The van der Waals surface area contributed by atoms with Gasteiger partial charge >= 0.3 is 0 Å². The van der Waals surface area contributed by atoms with Gasteiger partial charge in [0.05, 0.1) is 11.6 Å². The number of nitrogens with zero attached hydrogens (tertiary/aromatic N) is 1. The minimum absolute atomic E-state index is 0.0495. The van der Waals surface area contributed by atoms with Gasteiger partial charge < -0.3 is 11.1 Å². The molecule has 0 aliphatic heterocycles. The Bertz CT molecular complexity index is 565. The van der Waals surface area contributed by atoms with Crippen LogP contribution in [0.4, 0.5) is 5.69 Å². The van der Waals surface area contributed by atoms with Crippen LogP contribution < -0.4 is 11.1 Å². The van der Waals surface area contributed by atoms with Crippen molar-refractivity contribution >= 4 is 22.9 Å². The highest BCUT2D eigenvalue weighted by Gasteiger charge is 2.04. The highest BCUT2D eigenvalue weighted by molar-refractivity contribution is 7.11. The van der Waals surface area contributed by atoms with E-state index >= 15 is 0 Å². The molecule has 0 saturated carbocycles. The lowest BCUT2D eigenvalue weighted by molar-refractivity contribution is -0.121. The second-order valence-corrected chi connectivity index (χ2v) is 5.69. The summed E-state index contributed by atoms with van der Waals surface area (Å²) in [4.78, 5) is 17.0. The Morgan fingerprint density at radius 1 is 1.47 bits per heavy atom. The standard InChI is InChI=1S/C14H17N3OS/c1-10-16-8-13(19-10)9-17-14(18)6-5-11-3-2-4-12(15)7-11/h2-4,7-8H,5-6,9,15H2,1H3,(H,17,18). The van der Waals surface area contributed by atoms with E-state index < -0.39 is 0 Å². The maximum Gasteiger partial charge on any atom is 0.220 e. The summed E-state index contributed by atoms with van der Waals surface area (Å²) in [6.07, 6.45) is 2.98. The SMILES string of the molecule is Cc1ncc(CNC(=O)CCc2cccc(N)c2)s1. The number of carbonyl (C=O) groups excluding carboxylic acids is 1. The smallest absolute Gasteiger partial charge is 0.220 e. The Morgan fingerprint density at radius 3 is 3.00 bits per heavy atom. The Kier molecular flexibility index (Phi) is 4.52. The van der Waals surface area contributed by atoms with Crippen molar-refractivity contribution in [3.8, 4) is 0 Å². The third-order valence-electron chi connectivity index (χ3n) is 2.72. The van der Waals surface area contributed by atoms with E-state index in [1.807, 2.05) is 31.2 Å². The van der Waals surface area contributed by atoms with Crippen molar-refractivity contribution in [1.82, 2.24) is 10.3 Å². The number of nitrogens with one attached hydrogen (secondary N) is 1. The van der Waals surface area contributed by atoms with Crippen LogP contribution in [0, 0.1) is 6.92 Å². The molecule has 1 aromatic carbocycles. The molecule has 0 unspecified atom stereocenters. The second kappa shape index (κ2) is 6.33. The van der Waals surface area contributed by atoms with E-state index in [2.05, 4.69) is 10.3 Å². The number of aromatic nitrogens is 1. The molecular weight excluding hydrogens is 258 g/mol. The highest BCUT2D eigenvalue weighted by atomic mass is 32.1. The van der Waals surface area contributed by atoms with E-state index in [0.717, 1.165) is 21.1 Å². The van der Waals surface area contributed by atoms with Crippen LogP contribution in [-0.4, -0.2) is 10.9 Å². The van der Waals surface area contributed by atoms with Crippen molar-refractivity contribution in [3.63, 3.8) is 0 Å². The van der Waals surface area contributed by atoms with Crippen molar-refractivity contribution in [1.29, 1.82) is 0 Å². The van der Waals surface area contributed by atoms with Crippen molar-refractivity contribution in [2.24, 2.45) is 0 Å². The lowest BCUT2D eigenvalue weighted by Gasteiger charge is -2.04. The number of benzene rings is 1. The van der Waals surface area contributed by atoms with Crippen molar-refractivity contribution < 1.29 is 4.79 Å². The monoisotopic (exact) mass is 275 g/mol. The summed E-state index contributed by atoms with van der Waals surface area (Å²) in [5.41, 5.74) is 7.52. The number of amides is 1. The molecule has 19 heavy (non-hydrogen) atoms. The number of rotatable bonds is 5. The lowest BCUT2D eigenvalue weighted by Crippen LogP contribution is -2.22. The summed E-state index contributed by atoms with van der Waals surface area (Å²) < 4.78 is 0. The quantitative estimate of drug-likeness (QED) is 0.823. The third-order valence-corrected chi connectivity index (χ3v) is 3.63. The minimum Gasteiger partial charge on any atom is -0.399 e. The molecule has 0 saturated heterocycles. The molecule has 1 amide bonds. The number of hydrogen-bond donors (Lipinski definition) is 2. The Labute approximate surface area is 116 Å².